The van der Waals surface area contributed by atoms with Gasteiger partial charge in [0.2, 0.25) is 0 Å². The molecule has 0 saturated heterocycles. The largest absolute Gasteiger partial charge is 0.496 e. The summed E-state index contributed by atoms with van der Waals surface area (Å²) in [7, 11) is 1.64. The molecule has 0 radical (unpaired) electrons. The molecule has 8 aromatic carbocycles. The van der Waals surface area contributed by atoms with Gasteiger partial charge in [-0.2, -0.15) is 0 Å². The highest BCUT2D eigenvalue weighted by atomic mass is 35.5. The average Bonchev–Trinajstić information content (AvgIpc) is 1.62. The van der Waals surface area contributed by atoms with Crippen LogP contribution in [0.15, 0.2) is 252 Å². The molecule has 0 aromatic heterocycles. The Bertz CT molecular complexity index is 4440. The first-order chi connectivity index (χ1) is 52.7. The Labute approximate surface area is 662 Å². The maximum Gasteiger partial charge on any atom is 0.167 e. The minimum absolute atomic E-state index is 0.0388. The number of halogens is 3. The van der Waals surface area contributed by atoms with Crippen molar-refractivity contribution >= 4 is 79.7 Å². The summed E-state index contributed by atoms with van der Waals surface area (Å²) in [6, 6.07) is 68.4. The summed E-state index contributed by atoms with van der Waals surface area (Å²) in [5, 5.41) is 0.697. The van der Waals surface area contributed by atoms with Crippen LogP contribution in [0.4, 0.5) is 8.78 Å². The van der Waals surface area contributed by atoms with E-state index in [1.807, 2.05) is 236 Å². The first-order valence-corrected chi connectivity index (χ1v) is 39.4. The third kappa shape index (κ3) is 30.9. The Balaban J connectivity index is 0.000000279. The topological polar surface area (TPSA) is 112 Å². The molecule has 1 aliphatic rings. The molecule has 1 fully saturated rings. The molecule has 0 spiro atoms. The van der Waals surface area contributed by atoms with Gasteiger partial charge in [-0.1, -0.05) is 280 Å². The Kier molecular flexibility index (Phi) is 42.1. The lowest BCUT2D eigenvalue weighted by atomic mass is 9.93. The number of carbonyl (C=O) groups excluding carboxylic acids is 6. The fourth-order valence-electron chi connectivity index (χ4n) is 12.9. The summed E-state index contributed by atoms with van der Waals surface area (Å²) in [5.41, 5.74) is 18.3. The molecular weight excluding hydrogens is 1390 g/mol. The molecule has 2 unspecified atom stereocenters. The summed E-state index contributed by atoms with van der Waals surface area (Å²) >= 11 is 5.86. The van der Waals surface area contributed by atoms with E-state index in [4.69, 9.17) is 16.3 Å². The van der Waals surface area contributed by atoms with Gasteiger partial charge in [0.15, 0.2) is 34.7 Å². The highest BCUT2D eigenvalue weighted by molar-refractivity contribution is 6.31. The second-order valence-corrected chi connectivity index (χ2v) is 29.4. The van der Waals surface area contributed by atoms with E-state index in [0.717, 1.165) is 148 Å². The molecular formula is C100H119ClF2O7. The number of hydrogen-bond acceptors (Lipinski definition) is 7. The van der Waals surface area contributed by atoms with Crippen LogP contribution in [-0.2, 0) is 35.2 Å². The number of ether oxygens (including phenoxy) is 1. The van der Waals surface area contributed by atoms with Crippen LogP contribution in [0.1, 0.15) is 251 Å². The molecule has 1 aliphatic carbocycles. The van der Waals surface area contributed by atoms with E-state index >= 15 is 0 Å². The number of methoxy groups -OCH3 is 1. The van der Waals surface area contributed by atoms with Crippen molar-refractivity contribution in [1.29, 1.82) is 0 Å². The Morgan fingerprint density at radius 1 is 0.364 bits per heavy atom. The maximum atomic E-state index is 13.7. The number of aryl methyl sites for hydroxylation is 1. The third-order valence-electron chi connectivity index (χ3n) is 18.4. The van der Waals surface area contributed by atoms with E-state index in [1.165, 1.54) is 29.3 Å². The first-order valence-electron chi connectivity index (χ1n) is 39.0. The molecule has 9 rings (SSSR count). The van der Waals surface area contributed by atoms with Crippen molar-refractivity contribution in [3.63, 3.8) is 0 Å². The van der Waals surface area contributed by atoms with Gasteiger partial charge in [0.05, 0.1) is 7.11 Å². The fourth-order valence-corrected chi connectivity index (χ4v) is 13.0. The predicted molar refractivity (Wildman–Crippen MR) is 460 cm³/mol. The standard InChI is InChI=1S/C20H20O.C19H20O.C16H22O2.C15H19ClO.2C15H19FO/c1-14(2)19(16-11-7-4-8-12-16)20(21)18-13-17(18)15-9-5-3-6-10-15;1-15(2)19(17-11-7-4-8-12-17)18(20)14-13-16-9-5-3-6-10-16;1-5-6-10-14(17)16(12(2)3)13-9-7-8-11-15(13)18-4;1-4-5-6-14(17)15(11(2)3)12-7-9-13(16)10-8-12;1-4-5-10-14(17)15(11(2)3)12-8-6-7-9-13(12)16;1-4-5-9-14(17)15(11(2)3)12-7-6-8-13(16)10-12/h3-12,17-18H,13H2,1-2H3;3-12H,13-14H2,1-2H3;7-9,11H,5-6,10H2,1-4H3;7-10H,4-6H2,1-3H3;6-9H,4-5,10H2,1-3H3;6-8,10H,4-5,9H2,1-3H3. The van der Waals surface area contributed by atoms with Gasteiger partial charge in [-0.05, 0) is 197 Å². The number of hydrogen-bond donors (Lipinski definition) is 0. The van der Waals surface area contributed by atoms with Gasteiger partial charge in [-0.15, -0.1) is 0 Å². The van der Waals surface area contributed by atoms with Gasteiger partial charge in [-0.25, -0.2) is 8.78 Å². The van der Waals surface area contributed by atoms with E-state index < -0.39 is 0 Å². The van der Waals surface area contributed by atoms with Crippen LogP contribution in [0.25, 0.3) is 33.4 Å². The summed E-state index contributed by atoms with van der Waals surface area (Å²) in [6.45, 7) is 31.8. The van der Waals surface area contributed by atoms with E-state index in [1.54, 1.807) is 37.4 Å². The minimum Gasteiger partial charge on any atom is -0.496 e. The molecule has 582 valence electrons. The van der Waals surface area contributed by atoms with Gasteiger partial charge in [0.1, 0.15) is 17.4 Å². The molecule has 0 bridgehead atoms. The summed E-state index contributed by atoms with van der Waals surface area (Å²) < 4.78 is 32.2. The summed E-state index contributed by atoms with van der Waals surface area (Å²) in [5.74, 6) is 1.80. The quantitative estimate of drug-likeness (QED) is 0.0412. The first kappa shape index (κ1) is 92.6. The van der Waals surface area contributed by atoms with Crippen LogP contribution in [0, 0.1) is 17.6 Å². The van der Waals surface area contributed by atoms with Gasteiger partial charge in [0, 0.05) is 87.6 Å². The number of ketones is 6. The van der Waals surface area contributed by atoms with Crippen molar-refractivity contribution in [1.82, 2.24) is 0 Å². The van der Waals surface area contributed by atoms with Gasteiger partial charge < -0.3 is 4.74 Å². The summed E-state index contributed by atoms with van der Waals surface area (Å²) in [4.78, 5) is 74.0. The zero-order valence-corrected chi connectivity index (χ0v) is 69.3. The Morgan fingerprint density at radius 3 is 1.13 bits per heavy atom. The summed E-state index contributed by atoms with van der Waals surface area (Å²) in [6.07, 6.45) is 12.2. The van der Waals surface area contributed by atoms with Crippen LogP contribution in [0.5, 0.6) is 5.75 Å². The number of para-hydroxylation sites is 1. The van der Waals surface area contributed by atoms with Crippen molar-refractivity contribution < 1.29 is 42.3 Å². The predicted octanol–water partition coefficient (Wildman–Crippen LogP) is 27.4. The highest BCUT2D eigenvalue weighted by Crippen LogP contribution is 2.50. The van der Waals surface area contributed by atoms with Crippen molar-refractivity contribution in [2.75, 3.05) is 7.11 Å². The smallest absolute Gasteiger partial charge is 0.167 e. The lowest BCUT2D eigenvalue weighted by Crippen LogP contribution is -2.07. The minimum atomic E-state index is -0.325. The maximum absolute atomic E-state index is 13.7. The monoisotopic (exact) mass is 1500 g/mol. The van der Waals surface area contributed by atoms with Crippen molar-refractivity contribution in [2.24, 2.45) is 5.92 Å². The van der Waals surface area contributed by atoms with Crippen molar-refractivity contribution in [3.8, 4) is 5.75 Å². The molecule has 7 nitrogen and oxygen atoms in total. The average molecular weight is 1510 g/mol. The lowest BCUT2D eigenvalue weighted by Gasteiger charge is -2.13. The van der Waals surface area contributed by atoms with Gasteiger partial charge in [-0.3, -0.25) is 28.8 Å². The molecule has 10 heteroatoms. The molecule has 0 heterocycles. The zero-order chi connectivity index (χ0) is 81.2. The molecule has 2 atom stereocenters. The van der Waals surface area contributed by atoms with E-state index in [-0.39, 0.29) is 46.5 Å². The number of unbranched alkanes of at least 4 members (excludes halogenated alkanes) is 4. The third-order valence-corrected chi connectivity index (χ3v) is 18.7. The second-order valence-electron chi connectivity index (χ2n) is 28.9. The van der Waals surface area contributed by atoms with E-state index in [0.29, 0.717) is 71.1 Å². The molecule has 0 N–H and O–H groups in total. The second kappa shape index (κ2) is 50.1. The van der Waals surface area contributed by atoms with Gasteiger partial charge in [0.25, 0.3) is 0 Å². The molecule has 8 aromatic rings. The fraction of sp³-hybridized carbons (Fsp3) is 0.340. The number of carbonyl (C=O) groups is 6. The van der Waals surface area contributed by atoms with Crippen LogP contribution in [-0.4, -0.2) is 41.8 Å². The zero-order valence-electron chi connectivity index (χ0n) is 68.5. The Hall–Kier alpha value is -9.83. The van der Waals surface area contributed by atoms with Gasteiger partial charge >= 0.3 is 0 Å². The molecule has 0 amide bonds. The highest BCUT2D eigenvalue weighted by Gasteiger charge is 2.45. The number of rotatable bonds is 30. The van der Waals surface area contributed by atoms with Crippen LogP contribution in [0.3, 0.4) is 0 Å². The normalized spacial score (nSPS) is 12.0. The van der Waals surface area contributed by atoms with Crippen LogP contribution < -0.4 is 4.74 Å². The Morgan fingerprint density at radius 2 is 0.709 bits per heavy atom. The molecule has 0 aliphatic heterocycles. The lowest BCUT2D eigenvalue weighted by molar-refractivity contribution is -0.115. The van der Waals surface area contributed by atoms with Crippen molar-refractivity contribution in [2.45, 2.75) is 213 Å². The van der Waals surface area contributed by atoms with Crippen molar-refractivity contribution in [3.05, 3.63) is 313 Å². The number of benzene rings is 8. The van der Waals surface area contributed by atoms with E-state index in [9.17, 15) is 37.5 Å². The number of allylic oxidation sites excluding steroid dienone is 12. The van der Waals surface area contributed by atoms with Crippen LogP contribution in [0.2, 0.25) is 5.02 Å². The number of Topliss-reactive ketones (excluding diaryl/α,β-unsaturated/α-hetero) is 6. The van der Waals surface area contributed by atoms with E-state index in [2.05, 4.69) is 45.0 Å². The molecule has 1 saturated carbocycles. The van der Waals surface area contributed by atoms with Crippen LogP contribution >= 0.6 is 11.6 Å². The SMILES string of the molecule is CC(C)=C(C(=O)C1CC1c1ccccc1)c1ccccc1.CC(C)=C(C(=O)CCc1ccccc1)c1ccccc1.CCCCC(=O)C(=C(C)C)c1ccc(Cl)cc1.CCCCC(=O)C(=C(C)C)c1cccc(F)c1.CCCCC(=O)C(=C(C)C)c1ccccc1F.CCCCC(=O)C(=C(C)C)c1ccccc1OC. The molecule has 110 heavy (non-hydrogen) atoms.